The van der Waals surface area contributed by atoms with E-state index in [0.717, 1.165) is 11.8 Å². The van der Waals surface area contributed by atoms with Crippen LogP contribution in [0.25, 0.3) is 0 Å². The number of rotatable bonds is 9. The molecule has 1 aliphatic rings. The molecule has 0 saturated heterocycles. The van der Waals surface area contributed by atoms with Crippen molar-refractivity contribution in [3.8, 4) is 0 Å². The lowest BCUT2D eigenvalue weighted by Gasteiger charge is -2.26. The highest BCUT2D eigenvalue weighted by Gasteiger charge is 2.25. The minimum atomic E-state index is 0.561. The molecule has 1 atom stereocenters. The molecule has 1 rings (SSSR count). The molecular weight excluding hydrogens is 184 g/mol. The average molecular weight is 212 g/mol. The first-order valence-corrected chi connectivity index (χ1v) is 6.77. The molecule has 0 bridgehead atoms. The molecule has 0 radical (unpaired) electrons. The van der Waals surface area contributed by atoms with E-state index in [1.165, 1.54) is 51.4 Å². The molecule has 2 nitrogen and oxygen atoms in total. The smallest absolute Gasteiger partial charge is 0.0238 e. The Balaban J connectivity index is 2.28. The van der Waals surface area contributed by atoms with E-state index in [9.17, 15) is 0 Å². The maximum atomic E-state index is 5.69. The Morgan fingerprint density at radius 3 is 2.13 bits per heavy atom. The molecule has 2 heteroatoms. The van der Waals surface area contributed by atoms with Crippen molar-refractivity contribution >= 4 is 0 Å². The molecule has 0 aliphatic heterocycles. The van der Waals surface area contributed by atoms with E-state index in [1.807, 2.05) is 0 Å². The zero-order valence-corrected chi connectivity index (χ0v) is 10.5. The molecule has 1 aliphatic carbocycles. The predicted molar refractivity (Wildman–Crippen MR) is 66.4 cm³/mol. The first-order chi connectivity index (χ1) is 7.31. The Hall–Kier alpha value is -0.0800. The van der Waals surface area contributed by atoms with Gasteiger partial charge in [0.25, 0.3) is 0 Å². The fourth-order valence-corrected chi connectivity index (χ4v) is 2.57. The Bertz CT molecular complexity index is 149. The number of hydrogen-bond donors (Lipinski definition) is 2. The molecule has 0 amide bonds. The largest absolute Gasteiger partial charge is 0.271 e. The van der Waals surface area contributed by atoms with Crippen molar-refractivity contribution < 1.29 is 0 Å². The van der Waals surface area contributed by atoms with E-state index in [2.05, 4.69) is 19.3 Å². The van der Waals surface area contributed by atoms with Crippen LogP contribution < -0.4 is 11.3 Å². The van der Waals surface area contributed by atoms with Crippen molar-refractivity contribution in [2.24, 2.45) is 17.7 Å². The van der Waals surface area contributed by atoms with Crippen LogP contribution in [0.3, 0.4) is 0 Å². The average Bonchev–Trinajstić information content (AvgIpc) is 3.03. The molecule has 90 valence electrons. The van der Waals surface area contributed by atoms with Crippen molar-refractivity contribution in [3.05, 3.63) is 0 Å². The molecule has 15 heavy (non-hydrogen) atoms. The highest BCUT2D eigenvalue weighted by Crippen LogP contribution is 2.35. The molecule has 0 spiro atoms. The summed E-state index contributed by atoms with van der Waals surface area (Å²) in [6, 6.07) is 0.561. The fourth-order valence-electron chi connectivity index (χ4n) is 2.57. The van der Waals surface area contributed by atoms with E-state index in [1.54, 1.807) is 0 Å². The van der Waals surface area contributed by atoms with Gasteiger partial charge in [-0.1, -0.05) is 39.5 Å². The van der Waals surface area contributed by atoms with Crippen LogP contribution in [0.2, 0.25) is 0 Å². The highest BCUT2D eigenvalue weighted by molar-refractivity contribution is 4.79. The molecule has 0 aromatic heterocycles. The Labute approximate surface area is 95.0 Å². The van der Waals surface area contributed by atoms with Crippen LogP contribution in [0.5, 0.6) is 0 Å². The van der Waals surface area contributed by atoms with Crippen LogP contribution in [0.1, 0.15) is 65.2 Å². The van der Waals surface area contributed by atoms with E-state index in [4.69, 9.17) is 5.84 Å². The van der Waals surface area contributed by atoms with Gasteiger partial charge in [-0.25, -0.2) is 0 Å². The van der Waals surface area contributed by atoms with Crippen LogP contribution in [0.4, 0.5) is 0 Å². The van der Waals surface area contributed by atoms with Crippen LogP contribution in [-0.4, -0.2) is 6.04 Å². The van der Waals surface area contributed by atoms with Crippen molar-refractivity contribution in [1.82, 2.24) is 5.43 Å². The van der Waals surface area contributed by atoms with Gasteiger partial charge in [-0.2, -0.15) is 0 Å². The minimum absolute atomic E-state index is 0.561. The molecule has 0 aromatic carbocycles. The highest BCUT2D eigenvalue weighted by atomic mass is 15.2. The van der Waals surface area contributed by atoms with Crippen LogP contribution in [-0.2, 0) is 0 Å². The number of nitrogens with two attached hydrogens (primary N) is 1. The third-order valence-electron chi connectivity index (χ3n) is 3.68. The summed E-state index contributed by atoms with van der Waals surface area (Å²) < 4.78 is 0. The molecule has 0 heterocycles. The second-order valence-electron chi connectivity index (χ2n) is 5.13. The summed E-state index contributed by atoms with van der Waals surface area (Å²) >= 11 is 0. The number of nitrogens with one attached hydrogen (secondary N) is 1. The van der Waals surface area contributed by atoms with Gasteiger partial charge in [0.05, 0.1) is 0 Å². The number of hydrazine groups is 1. The Morgan fingerprint density at radius 1 is 1.13 bits per heavy atom. The monoisotopic (exact) mass is 212 g/mol. The SMILES string of the molecule is CCCC(CCC)C(CCC1CC1)NN. The summed E-state index contributed by atoms with van der Waals surface area (Å²) in [6.07, 6.45) is 10.8. The third kappa shape index (κ3) is 4.98. The van der Waals surface area contributed by atoms with E-state index in [-0.39, 0.29) is 0 Å². The quantitative estimate of drug-likeness (QED) is 0.455. The lowest BCUT2D eigenvalue weighted by Crippen LogP contribution is -2.41. The van der Waals surface area contributed by atoms with Gasteiger partial charge >= 0.3 is 0 Å². The predicted octanol–water partition coefficient (Wildman–Crippen LogP) is 3.22. The molecule has 3 N–H and O–H groups in total. The van der Waals surface area contributed by atoms with Crippen molar-refractivity contribution in [2.75, 3.05) is 0 Å². The van der Waals surface area contributed by atoms with Crippen molar-refractivity contribution in [1.29, 1.82) is 0 Å². The second-order valence-corrected chi connectivity index (χ2v) is 5.13. The van der Waals surface area contributed by atoms with E-state index < -0.39 is 0 Å². The van der Waals surface area contributed by atoms with Crippen molar-refractivity contribution in [3.63, 3.8) is 0 Å². The topological polar surface area (TPSA) is 38.0 Å². The standard InChI is InChI=1S/C13H28N2/c1-3-5-12(6-4-2)13(15-14)10-9-11-7-8-11/h11-13,15H,3-10,14H2,1-2H3. The van der Waals surface area contributed by atoms with E-state index >= 15 is 0 Å². The molecule has 1 unspecified atom stereocenters. The Morgan fingerprint density at radius 2 is 1.73 bits per heavy atom. The molecule has 0 aromatic rings. The van der Waals surface area contributed by atoms with Gasteiger partial charge < -0.3 is 0 Å². The Kier molecular flexibility index (Phi) is 6.26. The maximum absolute atomic E-state index is 5.69. The van der Waals surface area contributed by atoms with E-state index in [0.29, 0.717) is 6.04 Å². The zero-order chi connectivity index (χ0) is 11.1. The summed E-state index contributed by atoms with van der Waals surface area (Å²) in [5.74, 6) is 7.52. The fraction of sp³-hybridized carbons (Fsp3) is 1.00. The van der Waals surface area contributed by atoms with Gasteiger partial charge in [0.2, 0.25) is 0 Å². The van der Waals surface area contributed by atoms with Gasteiger partial charge in [-0.05, 0) is 37.5 Å². The third-order valence-corrected chi connectivity index (χ3v) is 3.68. The van der Waals surface area contributed by atoms with Gasteiger partial charge in [0.1, 0.15) is 0 Å². The first-order valence-electron chi connectivity index (χ1n) is 6.77. The zero-order valence-electron chi connectivity index (χ0n) is 10.5. The summed E-state index contributed by atoms with van der Waals surface area (Å²) in [7, 11) is 0. The van der Waals surface area contributed by atoms with Gasteiger partial charge in [-0.3, -0.25) is 11.3 Å². The van der Waals surface area contributed by atoms with Gasteiger partial charge in [0, 0.05) is 6.04 Å². The molecule has 1 fully saturated rings. The lowest BCUT2D eigenvalue weighted by molar-refractivity contribution is 0.291. The number of hydrogen-bond acceptors (Lipinski definition) is 2. The van der Waals surface area contributed by atoms with Crippen LogP contribution in [0.15, 0.2) is 0 Å². The second kappa shape index (κ2) is 7.24. The summed E-state index contributed by atoms with van der Waals surface area (Å²) in [6.45, 7) is 4.55. The first kappa shape index (κ1) is 13.0. The van der Waals surface area contributed by atoms with Crippen LogP contribution in [0, 0.1) is 11.8 Å². The lowest BCUT2D eigenvalue weighted by atomic mass is 9.87. The van der Waals surface area contributed by atoms with Gasteiger partial charge in [0.15, 0.2) is 0 Å². The van der Waals surface area contributed by atoms with Crippen LogP contribution >= 0.6 is 0 Å². The normalized spacial score (nSPS) is 18.4. The summed E-state index contributed by atoms with van der Waals surface area (Å²) in [4.78, 5) is 0. The minimum Gasteiger partial charge on any atom is -0.271 e. The summed E-state index contributed by atoms with van der Waals surface area (Å²) in [5, 5.41) is 0. The van der Waals surface area contributed by atoms with Crippen molar-refractivity contribution in [2.45, 2.75) is 71.3 Å². The molecule has 1 saturated carbocycles. The summed E-state index contributed by atoms with van der Waals surface area (Å²) in [5.41, 5.74) is 3.05. The van der Waals surface area contributed by atoms with Gasteiger partial charge in [-0.15, -0.1) is 0 Å². The molecular formula is C13H28N2. The maximum Gasteiger partial charge on any atom is 0.0238 e.